The van der Waals surface area contributed by atoms with Crippen molar-refractivity contribution in [2.24, 2.45) is 7.05 Å². The molecule has 2 aromatic heterocycles. The molecule has 0 atom stereocenters. The third kappa shape index (κ3) is 3.82. The van der Waals surface area contributed by atoms with Gasteiger partial charge in [0, 0.05) is 13.0 Å². The van der Waals surface area contributed by atoms with Crippen LogP contribution in [-0.2, 0) is 18.4 Å². The van der Waals surface area contributed by atoms with Crippen molar-refractivity contribution < 1.29 is 14.3 Å². The lowest BCUT2D eigenvalue weighted by molar-refractivity contribution is -0.113. The average Bonchev–Trinajstić information content (AvgIpc) is 3.03. The van der Waals surface area contributed by atoms with E-state index in [1.54, 1.807) is 17.8 Å². The Morgan fingerprint density at radius 1 is 1.52 bits per heavy atom. The third-order valence-electron chi connectivity index (χ3n) is 2.72. The van der Waals surface area contributed by atoms with Crippen molar-refractivity contribution in [2.75, 3.05) is 11.1 Å². The van der Waals surface area contributed by atoms with Crippen molar-refractivity contribution in [1.82, 2.24) is 19.7 Å². The van der Waals surface area contributed by atoms with Gasteiger partial charge in [-0.15, -0.1) is 5.10 Å². The second-order valence-electron chi connectivity index (χ2n) is 4.69. The van der Waals surface area contributed by atoms with Gasteiger partial charge in [-0.3, -0.25) is 10.1 Å². The number of carbonyl (C=O) groups excluding carboxylic acids is 1. The fourth-order valence-electron chi connectivity index (χ4n) is 1.51. The molecule has 0 aromatic carbocycles. The first-order valence-electron chi connectivity index (χ1n) is 6.38. The quantitative estimate of drug-likeness (QED) is 0.771. The number of nitrogens with zero attached hydrogens (tertiary/aromatic N) is 4. The fraction of sp³-hybridized carbons (Fsp3) is 0.500. The van der Waals surface area contributed by atoms with Crippen LogP contribution in [0.1, 0.15) is 31.4 Å². The predicted molar refractivity (Wildman–Crippen MR) is 76.9 cm³/mol. The summed E-state index contributed by atoms with van der Waals surface area (Å²) < 4.78 is 7.03. The number of hydrogen-bond acceptors (Lipinski definition) is 7. The van der Waals surface area contributed by atoms with Gasteiger partial charge in [0.15, 0.2) is 5.16 Å². The van der Waals surface area contributed by atoms with Crippen molar-refractivity contribution in [1.29, 1.82) is 0 Å². The van der Waals surface area contributed by atoms with Gasteiger partial charge in [-0.1, -0.05) is 30.7 Å². The molecule has 0 radical (unpaired) electrons. The topological polar surface area (TPSA) is 106 Å². The molecule has 9 heteroatoms. The minimum absolute atomic E-state index is 0.0871. The monoisotopic (exact) mass is 311 g/mol. The Hall–Kier alpha value is -1.87. The predicted octanol–water partition coefficient (Wildman–Crippen LogP) is 1.15. The Morgan fingerprint density at radius 3 is 2.86 bits per heavy atom. The SMILES string of the molecule is CC(C)c1nnc(NC(=O)CSc2ncc(CO)n2C)o1. The lowest BCUT2D eigenvalue weighted by Crippen LogP contribution is -2.14. The van der Waals surface area contributed by atoms with E-state index in [-0.39, 0.29) is 30.2 Å². The van der Waals surface area contributed by atoms with Gasteiger partial charge in [-0.2, -0.15) is 0 Å². The maximum Gasteiger partial charge on any atom is 0.322 e. The molecular weight excluding hydrogens is 294 g/mol. The molecule has 21 heavy (non-hydrogen) atoms. The standard InChI is InChI=1S/C12H17N5O3S/c1-7(2)10-15-16-11(20-10)14-9(19)6-21-12-13-4-8(5-18)17(12)3/h4,7,18H,5-6H2,1-3H3,(H,14,16,19). The van der Waals surface area contributed by atoms with Gasteiger partial charge in [0.2, 0.25) is 11.8 Å². The third-order valence-corrected chi connectivity index (χ3v) is 3.76. The van der Waals surface area contributed by atoms with E-state index in [4.69, 9.17) is 9.52 Å². The molecule has 114 valence electrons. The van der Waals surface area contributed by atoms with Gasteiger partial charge in [0.05, 0.1) is 24.3 Å². The zero-order valence-electron chi connectivity index (χ0n) is 12.0. The minimum Gasteiger partial charge on any atom is -0.408 e. The maximum absolute atomic E-state index is 11.8. The number of imidazole rings is 1. The van der Waals surface area contributed by atoms with Gasteiger partial charge >= 0.3 is 6.01 Å². The van der Waals surface area contributed by atoms with Crippen LogP contribution in [0.5, 0.6) is 0 Å². The summed E-state index contributed by atoms with van der Waals surface area (Å²) in [6.07, 6.45) is 1.58. The van der Waals surface area contributed by atoms with Crippen molar-refractivity contribution in [2.45, 2.75) is 31.5 Å². The van der Waals surface area contributed by atoms with Crippen LogP contribution in [0.4, 0.5) is 6.01 Å². The number of thioether (sulfide) groups is 1. The summed E-state index contributed by atoms with van der Waals surface area (Å²) in [5, 5.41) is 19.9. The summed E-state index contributed by atoms with van der Waals surface area (Å²) in [6.45, 7) is 3.76. The zero-order chi connectivity index (χ0) is 15.4. The number of carbonyl (C=O) groups is 1. The summed E-state index contributed by atoms with van der Waals surface area (Å²) in [5.74, 6) is 0.499. The highest BCUT2D eigenvalue weighted by molar-refractivity contribution is 7.99. The fourth-order valence-corrected chi connectivity index (χ4v) is 2.28. The van der Waals surface area contributed by atoms with E-state index >= 15 is 0 Å². The first-order valence-corrected chi connectivity index (χ1v) is 7.37. The number of rotatable bonds is 6. The summed E-state index contributed by atoms with van der Waals surface area (Å²) in [4.78, 5) is 15.9. The van der Waals surface area contributed by atoms with Gasteiger partial charge in [-0.05, 0) is 0 Å². The smallest absolute Gasteiger partial charge is 0.322 e. The lowest BCUT2D eigenvalue weighted by atomic mass is 10.2. The highest BCUT2D eigenvalue weighted by Crippen LogP contribution is 2.18. The van der Waals surface area contributed by atoms with Crippen LogP contribution in [0, 0.1) is 0 Å². The van der Waals surface area contributed by atoms with Crippen molar-refractivity contribution >= 4 is 23.7 Å². The molecule has 1 amide bonds. The number of nitrogens with one attached hydrogen (secondary N) is 1. The van der Waals surface area contributed by atoms with Crippen molar-refractivity contribution in [3.63, 3.8) is 0 Å². The highest BCUT2D eigenvalue weighted by atomic mass is 32.2. The Kier molecular flexibility index (Phi) is 4.97. The molecule has 2 rings (SSSR count). The average molecular weight is 311 g/mol. The molecule has 0 aliphatic carbocycles. The van der Waals surface area contributed by atoms with Crippen molar-refractivity contribution in [3.05, 3.63) is 17.8 Å². The number of aromatic nitrogens is 4. The molecule has 2 N–H and O–H groups in total. The summed E-state index contributed by atoms with van der Waals surface area (Å²) in [6, 6.07) is 0.0974. The van der Waals surface area contributed by atoms with E-state index in [9.17, 15) is 4.79 Å². The van der Waals surface area contributed by atoms with Gasteiger partial charge in [-0.25, -0.2) is 4.98 Å². The highest BCUT2D eigenvalue weighted by Gasteiger charge is 2.13. The number of aliphatic hydroxyl groups is 1. The summed E-state index contributed by atoms with van der Waals surface area (Å²) in [7, 11) is 1.78. The molecule has 2 heterocycles. The van der Waals surface area contributed by atoms with E-state index in [2.05, 4.69) is 20.5 Å². The molecule has 2 aromatic rings. The van der Waals surface area contributed by atoms with Crippen LogP contribution in [-0.4, -0.2) is 36.5 Å². The van der Waals surface area contributed by atoms with E-state index in [0.717, 1.165) is 0 Å². The van der Waals surface area contributed by atoms with Crippen LogP contribution in [0.2, 0.25) is 0 Å². The number of anilines is 1. The van der Waals surface area contributed by atoms with E-state index < -0.39 is 0 Å². The molecule has 8 nitrogen and oxygen atoms in total. The number of aliphatic hydroxyl groups excluding tert-OH is 1. The van der Waals surface area contributed by atoms with E-state index in [1.165, 1.54) is 11.8 Å². The van der Waals surface area contributed by atoms with Crippen molar-refractivity contribution in [3.8, 4) is 0 Å². The largest absolute Gasteiger partial charge is 0.408 e. The summed E-state index contributed by atoms with van der Waals surface area (Å²) >= 11 is 1.26. The first-order chi connectivity index (χ1) is 10.0. The molecule has 0 unspecified atom stereocenters. The lowest BCUT2D eigenvalue weighted by Gasteiger charge is -2.03. The van der Waals surface area contributed by atoms with Gasteiger partial charge < -0.3 is 14.1 Å². The Bertz CT molecular complexity index is 622. The molecule has 0 aliphatic heterocycles. The zero-order valence-corrected chi connectivity index (χ0v) is 12.8. The van der Waals surface area contributed by atoms with Crippen LogP contribution in [0.3, 0.4) is 0 Å². The van der Waals surface area contributed by atoms with Gasteiger partial charge in [0.1, 0.15) is 0 Å². The van der Waals surface area contributed by atoms with Crippen LogP contribution < -0.4 is 5.32 Å². The normalized spacial score (nSPS) is 11.1. The maximum atomic E-state index is 11.8. The van der Waals surface area contributed by atoms with E-state index in [0.29, 0.717) is 16.7 Å². The Labute approximate surface area is 126 Å². The number of hydrogen-bond donors (Lipinski definition) is 2. The second-order valence-corrected chi connectivity index (χ2v) is 5.63. The molecule has 0 fully saturated rings. The molecule has 0 spiro atoms. The summed E-state index contributed by atoms with van der Waals surface area (Å²) in [5.41, 5.74) is 0.691. The second kappa shape index (κ2) is 6.72. The van der Waals surface area contributed by atoms with Crippen LogP contribution in [0.15, 0.2) is 15.8 Å². The Balaban J connectivity index is 1.88. The minimum atomic E-state index is -0.257. The Morgan fingerprint density at radius 2 is 2.29 bits per heavy atom. The molecule has 0 aliphatic rings. The molecule has 0 bridgehead atoms. The molecule has 0 saturated heterocycles. The first kappa shape index (κ1) is 15.5. The molecule has 0 saturated carbocycles. The van der Waals surface area contributed by atoms with Crippen LogP contribution >= 0.6 is 11.8 Å². The van der Waals surface area contributed by atoms with E-state index in [1.807, 2.05) is 13.8 Å². The molecular formula is C12H17N5O3S. The van der Waals surface area contributed by atoms with Gasteiger partial charge in [0.25, 0.3) is 0 Å². The van der Waals surface area contributed by atoms with Crippen LogP contribution in [0.25, 0.3) is 0 Å². The number of amides is 1.